The molecule has 2 aromatic carbocycles. The molecular weight excluding hydrogens is 357 g/mol. The lowest BCUT2D eigenvalue weighted by atomic mass is 10.1. The normalized spacial score (nSPS) is 11.7. The SMILES string of the molecule is C[NH+](CC(=O)NCCc1ccc(F)cc1)CC(=O)Nc1ccccc1Cl. The van der Waals surface area contributed by atoms with E-state index in [1.807, 2.05) is 0 Å². The Morgan fingerprint density at radius 3 is 2.38 bits per heavy atom. The van der Waals surface area contributed by atoms with E-state index in [-0.39, 0.29) is 30.7 Å². The van der Waals surface area contributed by atoms with Crippen LogP contribution in [0.5, 0.6) is 0 Å². The molecule has 2 rings (SSSR count). The molecule has 0 radical (unpaired) electrons. The molecule has 7 heteroatoms. The Bertz CT molecular complexity index is 753. The number of carbonyl (C=O) groups excluding carboxylic acids is 2. The van der Waals surface area contributed by atoms with Crippen LogP contribution in [0, 0.1) is 5.82 Å². The Balaban J connectivity index is 1.68. The van der Waals surface area contributed by atoms with Crippen LogP contribution in [0.4, 0.5) is 10.1 Å². The fourth-order valence-corrected chi connectivity index (χ4v) is 2.61. The number of carbonyl (C=O) groups is 2. The molecule has 0 spiro atoms. The van der Waals surface area contributed by atoms with Gasteiger partial charge in [0, 0.05) is 6.54 Å². The van der Waals surface area contributed by atoms with Crippen LogP contribution in [-0.2, 0) is 16.0 Å². The van der Waals surface area contributed by atoms with Crippen molar-refractivity contribution in [2.24, 2.45) is 0 Å². The molecule has 0 aliphatic rings. The highest BCUT2D eigenvalue weighted by molar-refractivity contribution is 6.33. The molecular formula is C19H22ClFN3O2+. The van der Waals surface area contributed by atoms with Gasteiger partial charge >= 0.3 is 0 Å². The van der Waals surface area contributed by atoms with Gasteiger partial charge in [0.25, 0.3) is 11.8 Å². The molecule has 0 saturated carbocycles. The third kappa shape index (κ3) is 6.82. The van der Waals surface area contributed by atoms with Gasteiger partial charge in [0.15, 0.2) is 13.1 Å². The molecule has 0 aliphatic heterocycles. The molecule has 0 bridgehead atoms. The minimum absolute atomic E-state index is 0.143. The Morgan fingerprint density at radius 1 is 1.04 bits per heavy atom. The minimum Gasteiger partial charge on any atom is -0.351 e. The predicted molar refractivity (Wildman–Crippen MR) is 99.8 cm³/mol. The molecule has 138 valence electrons. The summed E-state index contributed by atoms with van der Waals surface area (Å²) in [6.07, 6.45) is 0.623. The van der Waals surface area contributed by atoms with E-state index in [9.17, 15) is 14.0 Å². The second-order valence-corrected chi connectivity index (χ2v) is 6.47. The van der Waals surface area contributed by atoms with Crippen molar-refractivity contribution in [3.8, 4) is 0 Å². The summed E-state index contributed by atoms with van der Waals surface area (Å²) < 4.78 is 12.8. The first kappa shape index (κ1) is 19.9. The highest BCUT2D eigenvalue weighted by Crippen LogP contribution is 2.19. The maximum atomic E-state index is 12.8. The van der Waals surface area contributed by atoms with Crippen LogP contribution < -0.4 is 15.5 Å². The van der Waals surface area contributed by atoms with E-state index < -0.39 is 0 Å². The monoisotopic (exact) mass is 378 g/mol. The molecule has 26 heavy (non-hydrogen) atoms. The second-order valence-electron chi connectivity index (χ2n) is 6.07. The molecule has 1 atom stereocenters. The van der Waals surface area contributed by atoms with Crippen molar-refractivity contribution < 1.29 is 18.9 Å². The molecule has 2 amide bonds. The Labute approximate surface area is 157 Å². The van der Waals surface area contributed by atoms with Crippen LogP contribution in [0.3, 0.4) is 0 Å². The van der Waals surface area contributed by atoms with E-state index in [4.69, 9.17) is 11.6 Å². The highest BCUT2D eigenvalue weighted by atomic mass is 35.5. The summed E-state index contributed by atoms with van der Waals surface area (Å²) in [5.41, 5.74) is 1.50. The summed E-state index contributed by atoms with van der Waals surface area (Å²) in [4.78, 5) is 24.7. The zero-order chi connectivity index (χ0) is 18.9. The first-order valence-electron chi connectivity index (χ1n) is 8.31. The van der Waals surface area contributed by atoms with Crippen LogP contribution >= 0.6 is 11.6 Å². The number of benzene rings is 2. The molecule has 5 nitrogen and oxygen atoms in total. The van der Waals surface area contributed by atoms with Gasteiger partial charge in [-0.25, -0.2) is 4.39 Å². The summed E-state index contributed by atoms with van der Waals surface area (Å²) in [5.74, 6) is -0.636. The number of hydrogen-bond donors (Lipinski definition) is 3. The summed E-state index contributed by atoms with van der Waals surface area (Å²) in [6.45, 7) is 0.791. The van der Waals surface area contributed by atoms with E-state index in [1.54, 1.807) is 43.4 Å². The van der Waals surface area contributed by atoms with Crippen LogP contribution in [0.25, 0.3) is 0 Å². The van der Waals surface area contributed by atoms with Crippen molar-refractivity contribution in [2.45, 2.75) is 6.42 Å². The Kier molecular flexibility index (Phi) is 7.56. The third-order valence-electron chi connectivity index (χ3n) is 3.72. The van der Waals surface area contributed by atoms with Crippen molar-refractivity contribution in [2.75, 3.05) is 32.0 Å². The fourth-order valence-electron chi connectivity index (χ4n) is 2.43. The summed E-state index contributed by atoms with van der Waals surface area (Å²) >= 11 is 6.00. The van der Waals surface area contributed by atoms with Crippen molar-refractivity contribution in [1.29, 1.82) is 0 Å². The van der Waals surface area contributed by atoms with Crippen LogP contribution in [-0.4, -0.2) is 38.5 Å². The second kappa shape index (κ2) is 9.89. The lowest BCUT2D eigenvalue weighted by Crippen LogP contribution is -3.11. The summed E-state index contributed by atoms with van der Waals surface area (Å²) in [6, 6.07) is 13.2. The van der Waals surface area contributed by atoms with Gasteiger partial charge in [-0.1, -0.05) is 35.9 Å². The first-order chi connectivity index (χ1) is 12.4. The fraction of sp³-hybridized carbons (Fsp3) is 0.263. The third-order valence-corrected chi connectivity index (χ3v) is 4.05. The Morgan fingerprint density at radius 2 is 1.69 bits per heavy atom. The molecule has 0 aromatic heterocycles. The molecule has 0 fully saturated rings. The van der Waals surface area contributed by atoms with Crippen molar-refractivity contribution >= 4 is 29.1 Å². The minimum atomic E-state index is -0.280. The maximum Gasteiger partial charge on any atom is 0.279 e. The molecule has 0 heterocycles. The zero-order valence-electron chi connectivity index (χ0n) is 14.5. The van der Waals surface area contributed by atoms with E-state index in [0.29, 0.717) is 23.7 Å². The maximum absolute atomic E-state index is 12.8. The lowest BCUT2D eigenvalue weighted by molar-refractivity contribution is -0.862. The number of anilines is 1. The van der Waals surface area contributed by atoms with Gasteiger partial charge in [0.05, 0.1) is 17.8 Å². The van der Waals surface area contributed by atoms with E-state index >= 15 is 0 Å². The van der Waals surface area contributed by atoms with Gasteiger partial charge in [-0.15, -0.1) is 0 Å². The number of para-hydroxylation sites is 1. The molecule has 2 aromatic rings. The van der Waals surface area contributed by atoms with Gasteiger partial charge in [0.1, 0.15) is 5.82 Å². The number of quaternary nitrogens is 1. The quantitative estimate of drug-likeness (QED) is 0.648. The van der Waals surface area contributed by atoms with Crippen LogP contribution in [0.1, 0.15) is 5.56 Å². The Hall–Kier alpha value is -2.44. The largest absolute Gasteiger partial charge is 0.351 e. The van der Waals surface area contributed by atoms with Gasteiger partial charge in [-0.05, 0) is 36.2 Å². The zero-order valence-corrected chi connectivity index (χ0v) is 15.3. The molecule has 3 N–H and O–H groups in total. The van der Waals surface area contributed by atoms with E-state index in [1.165, 1.54) is 12.1 Å². The van der Waals surface area contributed by atoms with Crippen LogP contribution in [0.15, 0.2) is 48.5 Å². The van der Waals surface area contributed by atoms with Gasteiger partial charge in [-0.3, -0.25) is 9.59 Å². The summed E-state index contributed by atoms with van der Waals surface area (Å²) in [7, 11) is 1.77. The van der Waals surface area contributed by atoms with Gasteiger partial charge < -0.3 is 15.5 Å². The van der Waals surface area contributed by atoms with E-state index in [2.05, 4.69) is 10.6 Å². The highest BCUT2D eigenvalue weighted by Gasteiger charge is 2.14. The number of hydrogen-bond acceptors (Lipinski definition) is 2. The topological polar surface area (TPSA) is 62.6 Å². The molecule has 1 unspecified atom stereocenters. The number of halogens is 2. The first-order valence-corrected chi connectivity index (χ1v) is 8.68. The molecule has 0 saturated heterocycles. The number of likely N-dealkylation sites (N-methyl/N-ethyl adjacent to an activating group) is 1. The lowest BCUT2D eigenvalue weighted by Gasteiger charge is -2.14. The van der Waals surface area contributed by atoms with Crippen molar-refractivity contribution in [1.82, 2.24) is 5.32 Å². The predicted octanol–water partition coefficient (Wildman–Crippen LogP) is 1.29. The summed E-state index contributed by atoms with van der Waals surface area (Å²) in [5, 5.41) is 6.00. The van der Waals surface area contributed by atoms with Crippen molar-refractivity contribution in [3.05, 3.63) is 64.9 Å². The average Bonchev–Trinajstić information content (AvgIpc) is 2.58. The number of nitrogens with one attached hydrogen (secondary N) is 3. The number of amides is 2. The van der Waals surface area contributed by atoms with Crippen molar-refractivity contribution in [3.63, 3.8) is 0 Å². The van der Waals surface area contributed by atoms with Gasteiger partial charge in [-0.2, -0.15) is 0 Å². The molecule has 0 aliphatic carbocycles. The smallest absolute Gasteiger partial charge is 0.279 e. The van der Waals surface area contributed by atoms with Crippen LogP contribution in [0.2, 0.25) is 5.02 Å². The number of rotatable bonds is 8. The van der Waals surface area contributed by atoms with E-state index in [0.717, 1.165) is 10.5 Å². The van der Waals surface area contributed by atoms with Gasteiger partial charge in [0.2, 0.25) is 0 Å². The standard InChI is InChI=1S/C19H21ClFN3O2/c1-24(13-19(26)23-17-5-3-2-4-16(17)20)12-18(25)22-11-10-14-6-8-15(21)9-7-14/h2-9H,10-13H2,1H3,(H,22,25)(H,23,26)/p+1. The average molecular weight is 379 g/mol.